The zero-order valence-electron chi connectivity index (χ0n) is 16.1. The number of fused-ring (bicyclic) bond motifs is 1. The number of hydrogen-bond acceptors (Lipinski definition) is 5. The van der Waals surface area contributed by atoms with Crippen molar-refractivity contribution in [2.24, 2.45) is 0 Å². The summed E-state index contributed by atoms with van der Waals surface area (Å²) in [6, 6.07) is 3.03. The Hall–Kier alpha value is -2.29. The third kappa shape index (κ3) is 5.41. The standard InChI is InChI=1S/C20H24ClFN4O3/c1-12(28)2-5-19-23-9-14-6-7-26(10-17(14)24-19)20(29)25-18(11-27)13-3-4-16(22)15(21)8-13/h3-4,8-9,12,18,27-28H,2,5-7,10-11H2,1H3,(H,25,29)/t12-,18+/m0/s1. The molecule has 2 amide bonds. The molecule has 1 aliphatic rings. The fourth-order valence-electron chi connectivity index (χ4n) is 3.18. The Bertz CT molecular complexity index is 881. The summed E-state index contributed by atoms with van der Waals surface area (Å²) in [5, 5.41) is 21.8. The highest BCUT2D eigenvalue weighted by Gasteiger charge is 2.25. The van der Waals surface area contributed by atoms with Crippen molar-refractivity contribution < 1.29 is 19.4 Å². The number of halogens is 2. The molecule has 0 fully saturated rings. The van der Waals surface area contributed by atoms with E-state index in [9.17, 15) is 19.4 Å². The number of benzene rings is 1. The molecule has 156 valence electrons. The first-order valence-electron chi connectivity index (χ1n) is 9.50. The molecule has 3 N–H and O–H groups in total. The highest BCUT2D eigenvalue weighted by molar-refractivity contribution is 6.30. The van der Waals surface area contributed by atoms with Crippen LogP contribution in [0.4, 0.5) is 9.18 Å². The molecule has 1 aromatic carbocycles. The first-order valence-corrected chi connectivity index (χ1v) is 9.88. The number of urea groups is 1. The number of aliphatic hydroxyl groups excluding tert-OH is 2. The van der Waals surface area contributed by atoms with Crippen LogP contribution in [0.25, 0.3) is 0 Å². The molecule has 2 aromatic rings. The second kappa shape index (κ2) is 9.47. The Kier molecular flexibility index (Phi) is 7.00. The highest BCUT2D eigenvalue weighted by atomic mass is 35.5. The first kappa shape index (κ1) is 21.4. The molecular formula is C20H24ClFN4O3. The minimum absolute atomic E-state index is 0.0662. The largest absolute Gasteiger partial charge is 0.394 e. The number of carbonyl (C=O) groups excluding carboxylic acids is 1. The van der Waals surface area contributed by atoms with E-state index in [2.05, 4.69) is 15.3 Å². The van der Waals surface area contributed by atoms with E-state index in [1.165, 1.54) is 18.2 Å². The fourth-order valence-corrected chi connectivity index (χ4v) is 3.37. The predicted molar refractivity (Wildman–Crippen MR) is 106 cm³/mol. The van der Waals surface area contributed by atoms with Crippen molar-refractivity contribution in [3.05, 3.63) is 57.9 Å². The van der Waals surface area contributed by atoms with Crippen LogP contribution < -0.4 is 5.32 Å². The van der Waals surface area contributed by atoms with Crippen LogP contribution in [0, 0.1) is 5.82 Å². The maximum atomic E-state index is 13.4. The zero-order chi connectivity index (χ0) is 21.0. The lowest BCUT2D eigenvalue weighted by molar-refractivity contribution is 0.176. The van der Waals surface area contributed by atoms with Crippen molar-refractivity contribution in [3.63, 3.8) is 0 Å². The van der Waals surface area contributed by atoms with Crippen molar-refractivity contribution in [1.29, 1.82) is 0 Å². The number of aliphatic hydroxyl groups is 2. The number of rotatable bonds is 6. The maximum absolute atomic E-state index is 13.4. The Labute approximate surface area is 173 Å². The minimum Gasteiger partial charge on any atom is -0.394 e. The van der Waals surface area contributed by atoms with E-state index in [4.69, 9.17) is 11.6 Å². The SMILES string of the molecule is C[C@H](O)CCc1ncc2c(n1)CN(C(=O)N[C@H](CO)c1ccc(F)c(Cl)c1)CC2. The molecule has 7 nitrogen and oxygen atoms in total. The van der Waals surface area contributed by atoms with Crippen molar-refractivity contribution in [1.82, 2.24) is 20.2 Å². The molecule has 0 spiro atoms. The number of carbonyl (C=O) groups is 1. The van der Waals surface area contributed by atoms with E-state index in [0.29, 0.717) is 43.7 Å². The summed E-state index contributed by atoms with van der Waals surface area (Å²) < 4.78 is 13.4. The van der Waals surface area contributed by atoms with Crippen LogP contribution in [0.5, 0.6) is 0 Å². The van der Waals surface area contributed by atoms with Gasteiger partial charge in [0.05, 0.1) is 36.0 Å². The quantitative estimate of drug-likeness (QED) is 0.664. The van der Waals surface area contributed by atoms with E-state index >= 15 is 0 Å². The molecule has 3 rings (SSSR count). The summed E-state index contributed by atoms with van der Waals surface area (Å²) in [4.78, 5) is 23.2. The zero-order valence-corrected chi connectivity index (χ0v) is 16.9. The molecule has 0 radical (unpaired) electrons. The van der Waals surface area contributed by atoms with Crippen LogP contribution in [0.3, 0.4) is 0 Å². The summed E-state index contributed by atoms with van der Waals surface area (Å²) in [6.45, 7) is 2.20. The van der Waals surface area contributed by atoms with Gasteiger partial charge in [-0.1, -0.05) is 17.7 Å². The van der Waals surface area contributed by atoms with E-state index < -0.39 is 18.0 Å². The van der Waals surface area contributed by atoms with Crippen LogP contribution >= 0.6 is 11.6 Å². The topological polar surface area (TPSA) is 98.6 Å². The number of aryl methyl sites for hydroxylation is 1. The lowest BCUT2D eigenvalue weighted by atomic mass is 10.1. The van der Waals surface area contributed by atoms with E-state index in [0.717, 1.165) is 11.3 Å². The fraction of sp³-hybridized carbons (Fsp3) is 0.450. The van der Waals surface area contributed by atoms with E-state index in [1.54, 1.807) is 18.0 Å². The molecule has 1 aromatic heterocycles. The third-order valence-corrected chi connectivity index (χ3v) is 5.18. The summed E-state index contributed by atoms with van der Waals surface area (Å²) in [5.74, 6) is 0.0817. The van der Waals surface area contributed by atoms with Crippen LogP contribution in [-0.4, -0.2) is 50.4 Å². The maximum Gasteiger partial charge on any atom is 0.318 e. The Morgan fingerprint density at radius 3 is 2.93 bits per heavy atom. The number of nitrogens with one attached hydrogen (secondary N) is 1. The minimum atomic E-state index is -0.700. The molecule has 0 unspecified atom stereocenters. The average Bonchev–Trinajstić information content (AvgIpc) is 2.71. The lowest BCUT2D eigenvalue weighted by Gasteiger charge is -2.30. The summed E-state index contributed by atoms with van der Waals surface area (Å²) in [6.07, 6.45) is 3.13. The average molecular weight is 423 g/mol. The molecule has 0 saturated heterocycles. The van der Waals surface area contributed by atoms with Crippen LogP contribution in [0.15, 0.2) is 24.4 Å². The number of nitrogens with zero attached hydrogens (tertiary/aromatic N) is 3. The van der Waals surface area contributed by atoms with Gasteiger partial charge in [-0.25, -0.2) is 19.2 Å². The van der Waals surface area contributed by atoms with Crippen molar-refractivity contribution >= 4 is 17.6 Å². The second-order valence-corrected chi connectivity index (χ2v) is 7.58. The Morgan fingerprint density at radius 1 is 1.45 bits per heavy atom. The molecular weight excluding hydrogens is 399 g/mol. The van der Waals surface area contributed by atoms with E-state index in [-0.39, 0.29) is 17.7 Å². The smallest absolute Gasteiger partial charge is 0.318 e. The van der Waals surface area contributed by atoms with Gasteiger partial charge in [-0.15, -0.1) is 0 Å². The Balaban J connectivity index is 1.67. The van der Waals surface area contributed by atoms with Gasteiger partial charge in [0.15, 0.2) is 0 Å². The van der Waals surface area contributed by atoms with E-state index in [1.807, 2.05) is 0 Å². The van der Waals surface area contributed by atoms with Gasteiger partial charge in [-0.3, -0.25) is 0 Å². The van der Waals surface area contributed by atoms with Gasteiger partial charge in [0.2, 0.25) is 0 Å². The summed E-state index contributed by atoms with van der Waals surface area (Å²) >= 11 is 5.81. The predicted octanol–water partition coefficient (Wildman–Crippen LogP) is 2.38. The first-order chi connectivity index (χ1) is 13.9. The van der Waals surface area contributed by atoms with Gasteiger partial charge in [0.1, 0.15) is 11.6 Å². The number of amides is 2. The number of aromatic nitrogens is 2. The molecule has 2 atom stereocenters. The molecule has 0 saturated carbocycles. The molecule has 1 aliphatic heterocycles. The molecule has 2 heterocycles. The monoisotopic (exact) mass is 422 g/mol. The van der Waals surface area contributed by atoms with Gasteiger partial charge in [-0.05, 0) is 43.0 Å². The van der Waals surface area contributed by atoms with Crippen LogP contribution in [-0.2, 0) is 19.4 Å². The highest BCUT2D eigenvalue weighted by Crippen LogP contribution is 2.22. The van der Waals surface area contributed by atoms with Gasteiger partial charge in [-0.2, -0.15) is 0 Å². The summed E-state index contributed by atoms with van der Waals surface area (Å²) in [7, 11) is 0. The van der Waals surface area contributed by atoms with Crippen molar-refractivity contribution in [3.8, 4) is 0 Å². The van der Waals surface area contributed by atoms with Gasteiger partial charge >= 0.3 is 6.03 Å². The third-order valence-electron chi connectivity index (χ3n) is 4.90. The molecule has 0 aliphatic carbocycles. The van der Waals surface area contributed by atoms with Gasteiger partial charge in [0.25, 0.3) is 0 Å². The summed E-state index contributed by atoms with van der Waals surface area (Å²) in [5.41, 5.74) is 2.30. The number of hydrogen-bond donors (Lipinski definition) is 3. The molecule has 0 bridgehead atoms. The van der Waals surface area contributed by atoms with Crippen LogP contribution in [0.2, 0.25) is 5.02 Å². The van der Waals surface area contributed by atoms with Crippen molar-refractivity contribution in [2.45, 2.75) is 44.9 Å². The normalized spacial score (nSPS) is 15.6. The molecule has 9 heteroatoms. The molecule has 29 heavy (non-hydrogen) atoms. The Morgan fingerprint density at radius 2 is 2.24 bits per heavy atom. The van der Waals surface area contributed by atoms with Crippen molar-refractivity contribution in [2.75, 3.05) is 13.2 Å². The van der Waals surface area contributed by atoms with Gasteiger partial charge in [0, 0.05) is 19.2 Å². The van der Waals surface area contributed by atoms with Crippen LogP contribution in [0.1, 0.15) is 42.0 Å². The second-order valence-electron chi connectivity index (χ2n) is 7.18. The van der Waals surface area contributed by atoms with Gasteiger partial charge < -0.3 is 20.4 Å². The lowest BCUT2D eigenvalue weighted by Crippen LogP contribution is -2.45.